The Kier molecular flexibility index (Phi) is 11.7. The van der Waals surface area contributed by atoms with E-state index in [1.807, 2.05) is 36.4 Å². The van der Waals surface area contributed by atoms with Gasteiger partial charge in [-0.2, -0.15) is 0 Å². The first-order valence-corrected chi connectivity index (χ1v) is 20.9. The molecular weight excluding hydrogens is 657 g/mol. The molecule has 0 bridgehead atoms. The van der Waals surface area contributed by atoms with Gasteiger partial charge >= 0.3 is 0 Å². The second-order valence-electron chi connectivity index (χ2n) is 15.8. The highest BCUT2D eigenvalue weighted by Crippen LogP contribution is 2.46. The standard InChI is InChI=1S/C47H56N2O4/c1-3-5-7-9-11-13-15-17-19-21-31(22-20-18-16-14-12-10-8-6-4-2)49-46(52)38-29-25-34-32-23-27-36-42-37(45(51)48-44(36)50)28-24-33(40(32)42)35-26-30-39(47(49)53)43(38)41(34)35/h23-31H,3-22H2,1-2H3,(H,48,50,51). The third-order valence-electron chi connectivity index (χ3n) is 12.2. The fourth-order valence-electron chi connectivity index (χ4n) is 9.33. The van der Waals surface area contributed by atoms with Gasteiger partial charge in [-0.15, -0.1) is 0 Å². The SMILES string of the molecule is CCCCCCCCCCCC(CCCCCCCCCCC)N1C(=O)c2ccc3c4ccc5c6c(ccc(c7ccc(c2c37)C1=O)c64)C(=O)NC5=O. The molecule has 2 aliphatic rings. The van der Waals surface area contributed by atoms with Crippen molar-refractivity contribution in [3.8, 4) is 0 Å². The summed E-state index contributed by atoms with van der Waals surface area (Å²) in [5, 5.41) is 9.30. The van der Waals surface area contributed by atoms with Crippen molar-refractivity contribution in [2.75, 3.05) is 0 Å². The molecule has 278 valence electrons. The highest BCUT2D eigenvalue weighted by molar-refractivity contribution is 6.41. The Bertz CT molecular complexity index is 2010. The lowest BCUT2D eigenvalue weighted by Crippen LogP contribution is -2.47. The number of nitrogens with one attached hydrogen (secondary N) is 1. The van der Waals surface area contributed by atoms with Gasteiger partial charge in [-0.05, 0) is 69.4 Å². The van der Waals surface area contributed by atoms with Crippen molar-refractivity contribution < 1.29 is 19.2 Å². The summed E-state index contributed by atoms with van der Waals surface area (Å²) in [5.41, 5.74) is 2.15. The predicted octanol–water partition coefficient (Wildman–Crippen LogP) is 12.4. The van der Waals surface area contributed by atoms with Gasteiger partial charge in [0.25, 0.3) is 23.6 Å². The number of unbranched alkanes of at least 4 members (excludes halogenated alkanes) is 16. The van der Waals surface area contributed by atoms with Crippen LogP contribution in [0.15, 0.2) is 48.5 Å². The number of fused-ring (bicyclic) bond motifs is 2. The molecule has 0 aliphatic carbocycles. The highest BCUT2D eigenvalue weighted by atomic mass is 16.2. The van der Waals surface area contributed by atoms with Crippen molar-refractivity contribution in [1.29, 1.82) is 0 Å². The van der Waals surface area contributed by atoms with Gasteiger partial charge in [0, 0.05) is 39.1 Å². The molecule has 0 saturated heterocycles. The van der Waals surface area contributed by atoms with Crippen LogP contribution in [0.25, 0.3) is 43.1 Å². The number of benzene rings is 5. The van der Waals surface area contributed by atoms with Crippen LogP contribution in [0.3, 0.4) is 0 Å². The van der Waals surface area contributed by atoms with E-state index in [2.05, 4.69) is 19.2 Å². The molecule has 0 aromatic heterocycles. The summed E-state index contributed by atoms with van der Waals surface area (Å²) in [6.07, 6.45) is 24.1. The number of hydrogen-bond acceptors (Lipinski definition) is 4. The average Bonchev–Trinajstić information content (AvgIpc) is 3.16. The molecule has 0 radical (unpaired) electrons. The zero-order chi connectivity index (χ0) is 36.9. The summed E-state index contributed by atoms with van der Waals surface area (Å²) in [6, 6.07) is 15.2. The lowest BCUT2D eigenvalue weighted by molar-refractivity contribution is 0.0516. The normalized spacial score (nSPS) is 14.3. The fraction of sp³-hybridized carbons (Fsp3) is 0.489. The number of nitrogens with zero attached hydrogens (tertiary/aromatic N) is 1. The van der Waals surface area contributed by atoms with E-state index in [0.29, 0.717) is 27.6 Å². The molecule has 0 atom stereocenters. The van der Waals surface area contributed by atoms with Crippen LogP contribution < -0.4 is 5.32 Å². The van der Waals surface area contributed by atoms with Gasteiger partial charge in [-0.25, -0.2) is 0 Å². The Morgan fingerprint density at radius 1 is 0.415 bits per heavy atom. The van der Waals surface area contributed by atoms with E-state index in [1.165, 1.54) is 89.9 Å². The molecule has 53 heavy (non-hydrogen) atoms. The zero-order valence-corrected chi connectivity index (χ0v) is 31.9. The van der Waals surface area contributed by atoms with Gasteiger partial charge in [0.2, 0.25) is 0 Å². The maximum absolute atomic E-state index is 14.6. The molecule has 4 amide bonds. The number of rotatable bonds is 21. The zero-order valence-electron chi connectivity index (χ0n) is 31.9. The number of hydrogen-bond donors (Lipinski definition) is 1. The Morgan fingerprint density at radius 3 is 1.11 bits per heavy atom. The molecular formula is C47H56N2O4. The van der Waals surface area contributed by atoms with Gasteiger partial charge in [0.15, 0.2) is 0 Å². The van der Waals surface area contributed by atoms with Crippen LogP contribution in [0, 0.1) is 0 Å². The molecule has 0 spiro atoms. The van der Waals surface area contributed by atoms with Crippen LogP contribution in [0.1, 0.15) is 184 Å². The molecule has 1 N–H and O–H groups in total. The van der Waals surface area contributed by atoms with Crippen LogP contribution in [-0.2, 0) is 0 Å². The molecule has 7 rings (SSSR count). The summed E-state index contributed by atoms with van der Waals surface area (Å²) in [4.78, 5) is 56.5. The summed E-state index contributed by atoms with van der Waals surface area (Å²) in [6.45, 7) is 4.51. The molecule has 5 aromatic carbocycles. The van der Waals surface area contributed by atoms with Crippen LogP contribution >= 0.6 is 0 Å². The summed E-state index contributed by atoms with van der Waals surface area (Å²) < 4.78 is 0. The van der Waals surface area contributed by atoms with Gasteiger partial charge in [-0.3, -0.25) is 29.4 Å². The molecule has 6 nitrogen and oxygen atoms in total. The van der Waals surface area contributed by atoms with Crippen molar-refractivity contribution in [2.45, 2.75) is 148 Å². The minimum atomic E-state index is -0.391. The van der Waals surface area contributed by atoms with Crippen molar-refractivity contribution in [2.24, 2.45) is 0 Å². The molecule has 2 heterocycles. The maximum atomic E-state index is 14.6. The maximum Gasteiger partial charge on any atom is 0.261 e. The lowest BCUT2D eigenvalue weighted by Gasteiger charge is -2.35. The first-order chi connectivity index (χ1) is 26.0. The molecule has 0 fully saturated rings. The Morgan fingerprint density at radius 2 is 0.736 bits per heavy atom. The minimum absolute atomic E-state index is 0.111. The fourth-order valence-corrected chi connectivity index (χ4v) is 9.33. The minimum Gasteiger partial charge on any atom is -0.288 e. The Hall–Kier alpha value is -4.32. The van der Waals surface area contributed by atoms with Gasteiger partial charge in [-0.1, -0.05) is 154 Å². The molecule has 0 unspecified atom stereocenters. The molecule has 5 aromatic rings. The van der Waals surface area contributed by atoms with Gasteiger partial charge in [0.05, 0.1) is 0 Å². The third kappa shape index (κ3) is 7.18. The van der Waals surface area contributed by atoms with Crippen LogP contribution in [-0.4, -0.2) is 34.6 Å². The van der Waals surface area contributed by atoms with E-state index >= 15 is 0 Å². The van der Waals surface area contributed by atoms with E-state index in [1.54, 1.807) is 17.0 Å². The van der Waals surface area contributed by atoms with E-state index in [-0.39, 0.29) is 17.9 Å². The monoisotopic (exact) mass is 712 g/mol. The number of carbonyl (C=O) groups excluding carboxylic acids is 4. The first kappa shape index (κ1) is 37.0. The summed E-state index contributed by atoms with van der Waals surface area (Å²) >= 11 is 0. The second-order valence-corrected chi connectivity index (χ2v) is 15.8. The van der Waals surface area contributed by atoms with Crippen LogP contribution in [0.4, 0.5) is 0 Å². The van der Waals surface area contributed by atoms with E-state index in [0.717, 1.165) is 76.2 Å². The summed E-state index contributed by atoms with van der Waals surface area (Å²) in [5.74, 6) is -1.14. The largest absolute Gasteiger partial charge is 0.288 e. The highest BCUT2D eigenvalue weighted by Gasteiger charge is 2.38. The smallest absolute Gasteiger partial charge is 0.261 e. The number of carbonyl (C=O) groups is 4. The summed E-state index contributed by atoms with van der Waals surface area (Å²) in [7, 11) is 0. The molecule has 2 aliphatic heterocycles. The van der Waals surface area contributed by atoms with Crippen LogP contribution in [0.5, 0.6) is 0 Å². The van der Waals surface area contributed by atoms with Gasteiger partial charge < -0.3 is 0 Å². The average molecular weight is 713 g/mol. The van der Waals surface area contributed by atoms with Crippen LogP contribution in [0.2, 0.25) is 0 Å². The first-order valence-electron chi connectivity index (χ1n) is 20.9. The number of imide groups is 2. The molecule has 6 heteroatoms. The Balaban J connectivity index is 1.16. The predicted molar refractivity (Wildman–Crippen MR) is 217 cm³/mol. The molecule has 0 saturated carbocycles. The topological polar surface area (TPSA) is 83.6 Å². The van der Waals surface area contributed by atoms with E-state index < -0.39 is 11.8 Å². The van der Waals surface area contributed by atoms with Crippen molar-refractivity contribution in [3.63, 3.8) is 0 Å². The van der Waals surface area contributed by atoms with Gasteiger partial charge in [0.1, 0.15) is 0 Å². The van der Waals surface area contributed by atoms with Crippen molar-refractivity contribution in [3.05, 3.63) is 70.8 Å². The Labute approximate surface area is 314 Å². The quantitative estimate of drug-likeness (QED) is 0.0355. The number of amides is 4. The van der Waals surface area contributed by atoms with E-state index in [4.69, 9.17) is 0 Å². The van der Waals surface area contributed by atoms with Crippen molar-refractivity contribution >= 4 is 66.7 Å². The van der Waals surface area contributed by atoms with Crippen molar-refractivity contribution in [1.82, 2.24) is 10.2 Å². The van der Waals surface area contributed by atoms with E-state index in [9.17, 15) is 19.2 Å². The third-order valence-corrected chi connectivity index (χ3v) is 12.2. The second kappa shape index (κ2) is 16.8. The lowest BCUT2D eigenvalue weighted by atomic mass is 9.82.